The van der Waals surface area contributed by atoms with Crippen molar-refractivity contribution in [2.75, 3.05) is 25.1 Å². The molecule has 0 aliphatic carbocycles. The first-order valence-electron chi connectivity index (χ1n) is 10.0. The molecule has 162 valence electrons. The first-order valence-corrected chi connectivity index (χ1v) is 10.4. The number of aryl methyl sites for hydroxylation is 1. The van der Waals surface area contributed by atoms with Gasteiger partial charge in [0.15, 0.2) is 0 Å². The Labute approximate surface area is 185 Å². The summed E-state index contributed by atoms with van der Waals surface area (Å²) in [5, 5.41) is 6.77. The van der Waals surface area contributed by atoms with Crippen molar-refractivity contribution in [2.45, 2.75) is 25.4 Å². The number of nitrogens with one attached hydrogen (secondary N) is 2. The van der Waals surface area contributed by atoms with E-state index in [0.717, 1.165) is 24.2 Å². The number of imidazole rings is 1. The molecule has 3 aromatic rings. The number of carbonyl (C=O) groups is 1. The van der Waals surface area contributed by atoms with E-state index in [2.05, 4.69) is 25.6 Å². The van der Waals surface area contributed by atoms with E-state index in [-0.39, 0.29) is 30.2 Å². The fourth-order valence-electron chi connectivity index (χ4n) is 3.38. The molecule has 3 heterocycles. The molecule has 0 bridgehead atoms. The van der Waals surface area contributed by atoms with Gasteiger partial charge in [0.2, 0.25) is 5.95 Å². The molecule has 31 heavy (non-hydrogen) atoms. The van der Waals surface area contributed by atoms with Gasteiger partial charge in [0, 0.05) is 36.1 Å². The molecule has 0 saturated carbocycles. The van der Waals surface area contributed by atoms with Gasteiger partial charge >= 0.3 is 0 Å². The lowest BCUT2D eigenvalue weighted by molar-refractivity contribution is 0.0933. The maximum Gasteiger partial charge on any atom is 0.272 e. The van der Waals surface area contributed by atoms with Crippen LogP contribution in [0.2, 0.25) is 5.02 Å². The summed E-state index contributed by atoms with van der Waals surface area (Å²) in [7, 11) is 0. The molecule has 10 heteroatoms. The van der Waals surface area contributed by atoms with Crippen LogP contribution in [0.1, 0.15) is 34.1 Å². The largest absolute Gasteiger partial charge is 0.379 e. The van der Waals surface area contributed by atoms with E-state index in [1.165, 1.54) is 0 Å². The Morgan fingerprint density at radius 3 is 3.03 bits per heavy atom. The summed E-state index contributed by atoms with van der Waals surface area (Å²) in [5.74, 6) is 0.829. The molecule has 0 radical (unpaired) electrons. The molecule has 0 spiro atoms. The van der Waals surface area contributed by atoms with Gasteiger partial charge in [-0.05, 0) is 31.0 Å². The minimum Gasteiger partial charge on any atom is -0.379 e. The Morgan fingerprint density at radius 2 is 2.29 bits per heavy atom. The van der Waals surface area contributed by atoms with Gasteiger partial charge in [-0.2, -0.15) is 4.98 Å². The molecule has 1 aliphatic rings. The van der Waals surface area contributed by atoms with Crippen LogP contribution >= 0.6 is 11.6 Å². The molecule has 4 rings (SSSR count). The average molecular weight is 442 g/mol. The Hall–Kier alpha value is -3.01. The van der Waals surface area contributed by atoms with Crippen LogP contribution in [-0.2, 0) is 4.74 Å². The van der Waals surface area contributed by atoms with Crippen LogP contribution in [0.15, 0.2) is 43.0 Å². The van der Waals surface area contributed by atoms with Crippen molar-refractivity contribution in [1.29, 1.82) is 0 Å². The van der Waals surface area contributed by atoms with Crippen molar-refractivity contribution in [1.82, 2.24) is 24.8 Å². The molecule has 1 aromatic carbocycles. The summed E-state index contributed by atoms with van der Waals surface area (Å²) < 4.78 is 7.09. The van der Waals surface area contributed by atoms with Crippen LogP contribution in [0.25, 0.3) is 5.82 Å². The highest BCUT2D eigenvalue weighted by molar-refractivity contribution is 6.30. The maximum atomic E-state index is 12.8. The number of benzene rings is 1. The Balaban J connectivity index is 1.50. The van der Waals surface area contributed by atoms with Crippen molar-refractivity contribution < 1.29 is 9.53 Å². The second-order valence-corrected chi connectivity index (χ2v) is 7.82. The van der Waals surface area contributed by atoms with Crippen molar-refractivity contribution in [3.8, 4) is 5.82 Å². The van der Waals surface area contributed by atoms with Gasteiger partial charge in [0.1, 0.15) is 17.8 Å². The summed E-state index contributed by atoms with van der Waals surface area (Å²) in [6.07, 6.45) is 5.85. The Kier molecular flexibility index (Phi) is 6.45. The minimum atomic E-state index is -0.374. The molecule has 2 atom stereocenters. The van der Waals surface area contributed by atoms with E-state index in [4.69, 9.17) is 22.1 Å². The summed E-state index contributed by atoms with van der Waals surface area (Å²) in [6.45, 7) is 3.51. The third-order valence-electron chi connectivity index (χ3n) is 5.06. The van der Waals surface area contributed by atoms with Crippen molar-refractivity contribution in [2.24, 2.45) is 5.73 Å². The lowest BCUT2D eigenvalue weighted by atomic mass is 10.1. The fourth-order valence-corrected chi connectivity index (χ4v) is 3.58. The average Bonchev–Trinajstić information content (AvgIpc) is 3.45. The minimum absolute atomic E-state index is 0.194. The molecule has 2 aromatic heterocycles. The van der Waals surface area contributed by atoms with Crippen molar-refractivity contribution >= 4 is 23.5 Å². The monoisotopic (exact) mass is 441 g/mol. The second-order valence-electron chi connectivity index (χ2n) is 7.39. The summed E-state index contributed by atoms with van der Waals surface area (Å²) in [6, 6.07) is 7.07. The molecule has 1 amide bonds. The van der Waals surface area contributed by atoms with Crippen molar-refractivity contribution in [3.05, 3.63) is 64.8 Å². The smallest absolute Gasteiger partial charge is 0.272 e. The summed E-state index contributed by atoms with van der Waals surface area (Å²) in [5.41, 5.74) is 7.82. The van der Waals surface area contributed by atoms with Crippen molar-refractivity contribution in [3.63, 3.8) is 0 Å². The molecule has 1 aliphatic heterocycles. The molecule has 4 N–H and O–H groups in total. The first kappa shape index (κ1) is 21.2. The van der Waals surface area contributed by atoms with Gasteiger partial charge < -0.3 is 21.1 Å². The molecule has 1 saturated heterocycles. The maximum absolute atomic E-state index is 12.8. The lowest BCUT2D eigenvalue weighted by Gasteiger charge is -2.16. The predicted molar refractivity (Wildman–Crippen MR) is 117 cm³/mol. The number of hydrogen-bond donors (Lipinski definition) is 3. The normalized spacial score (nSPS) is 16.8. The lowest BCUT2D eigenvalue weighted by Crippen LogP contribution is -2.33. The number of rotatable bonds is 7. The van der Waals surface area contributed by atoms with Crippen LogP contribution in [0, 0.1) is 6.92 Å². The molecular formula is C21H24ClN7O2. The number of nitrogens with zero attached hydrogens (tertiary/aromatic N) is 4. The van der Waals surface area contributed by atoms with E-state index < -0.39 is 0 Å². The standard InChI is InChI=1S/C21H24ClN7O2/c1-13-9-24-21(26-16-5-6-31-11-16)28-19(13)29-10-18(25-12-29)20(30)27-17(8-23)14-3-2-4-15(22)7-14/h2-4,7,9-10,12,16-17H,5-6,8,11,23H2,1H3,(H,27,30)(H,24,26,28)/t16-,17+/m0/s1. The first-order chi connectivity index (χ1) is 15.0. The quantitative estimate of drug-likeness (QED) is 0.514. The zero-order chi connectivity index (χ0) is 21.8. The summed E-state index contributed by atoms with van der Waals surface area (Å²) >= 11 is 6.06. The third-order valence-corrected chi connectivity index (χ3v) is 5.29. The molecular weight excluding hydrogens is 418 g/mol. The van der Waals surface area contributed by atoms with E-state index in [1.807, 2.05) is 19.1 Å². The predicted octanol–water partition coefficient (Wildman–Crippen LogP) is 2.25. The van der Waals surface area contributed by atoms with Crippen LogP contribution in [0.5, 0.6) is 0 Å². The number of halogens is 1. The SMILES string of the molecule is Cc1cnc(N[C@H]2CCOC2)nc1-n1cnc(C(=O)N[C@H](CN)c2cccc(Cl)c2)c1. The molecule has 1 fully saturated rings. The zero-order valence-electron chi connectivity index (χ0n) is 17.1. The molecule has 0 unspecified atom stereocenters. The number of hydrogen-bond acceptors (Lipinski definition) is 7. The second kappa shape index (κ2) is 9.42. The number of amides is 1. The van der Waals surface area contributed by atoms with Gasteiger partial charge in [-0.15, -0.1) is 0 Å². The Bertz CT molecular complexity index is 1070. The number of nitrogens with two attached hydrogens (primary N) is 1. The van der Waals surface area contributed by atoms with Gasteiger partial charge in [-0.3, -0.25) is 9.36 Å². The molecule has 9 nitrogen and oxygen atoms in total. The van der Waals surface area contributed by atoms with Gasteiger partial charge in [0.25, 0.3) is 5.91 Å². The van der Waals surface area contributed by atoms with E-state index in [0.29, 0.717) is 23.4 Å². The van der Waals surface area contributed by atoms with Gasteiger partial charge in [0.05, 0.1) is 18.7 Å². The number of aromatic nitrogens is 4. The number of carbonyl (C=O) groups excluding carboxylic acids is 1. The third kappa shape index (κ3) is 5.01. The van der Waals surface area contributed by atoms with Gasteiger partial charge in [-0.25, -0.2) is 9.97 Å². The highest BCUT2D eigenvalue weighted by atomic mass is 35.5. The fraction of sp³-hybridized carbons (Fsp3) is 0.333. The van der Waals surface area contributed by atoms with E-state index in [1.54, 1.807) is 35.4 Å². The highest BCUT2D eigenvalue weighted by Gasteiger charge is 2.19. The Morgan fingerprint density at radius 1 is 1.42 bits per heavy atom. The van der Waals surface area contributed by atoms with E-state index in [9.17, 15) is 4.79 Å². The number of ether oxygens (including phenoxy) is 1. The highest BCUT2D eigenvalue weighted by Crippen LogP contribution is 2.19. The van der Waals surface area contributed by atoms with Crippen LogP contribution in [0.4, 0.5) is 5.95 Å². The summed E-state index contributed by atoms with van der Waals surface area (Å²) in [4.78, 5) is 26.0. The van der Waals surface area contributed by atoms with E-state index >= 15 is 0 Å². The topological polar surface area (TPSA) is 120 Å². The zero-order valence-corrected chi connectivity index (χ0v) is 17.8. The van der Waals surface area contributed by atoms with Crippen LogP contribution < -0.4 is 16.4 Å². The van der Waals surface area contributed by atoms with Crippen LogP contribution in [0.3, 0.4) is 0 Å². The number of anilines is 1. The van der Waals surface area contributed by atoms with Gasteiger partial charge in [-0.1, -0.05) is 23.7 Å². The van der Waals surface area contributed by atoms with Crippen LogP contribution in [-0.4, -0.2) is 51.2 Å².